The molecule has 1 aromatic rings. The van der Waals surface area contributed by atoms with Crippen molar-refractivity contribution in [3.63, 3.8) is 0 Å². The molecule has 1 unspecified atom stereocenters. The van der Waals surface area contributed by atoms with Crippen LogP contribution in [0.5, 0.6) is 0 Å². The Kier molecular flexibility index (Phi) is 1.57. The molecule has 0 radical (unpaired) electrons. The van der Waals surface area contributed by atoms with E-state index in [0.717, 1.165) is 17.9 Å². The van der Waals surface area contributed by atoms with Crippen molar-refractivity contribution in [1.29, 1.82) is 0 Å². The van der Waals surface area contributed by atoms with E-state index in [1.807, 2.05) is 14.0 Å². The van der Waals surface area contributed by atoms with E-state index in [2.05, 4.69) is 10.5 Å². The molecule has 0 amide bonds. The summed E-state index contributed by atoms with van der Waals surface area (Å²) in [6, 6.07) is 0.484. The van der Waals surface area contributed by atoms with Crippen LogP contribution in [0.2, 0.25) is 0 Å². The number of fused-ring (bicyclic) bond motifs is 1. The Morgan fingerprint density at radius 2 is 2.21 bits per heavy atom. The molecule has 76 valence electrons. The number of rotatable bonds is 1. The Morgan fingerprint density at radius 3 is 2.86 bits per heavy atom. The van der Waals surface area contributed by atoms with Crippen LogP contribution in [0.1, 0.15) is 42.3 Å². The van der Waals surface area contributed by atoms with Gasteiger partial charge in [-0.1, -0.05) is 5.16 Å². The molecule has 3 nitrogen and oxygen atoms in total. The summed E-state index contributed by atoms with van der Waals surface area (Å²) in [6.07, 6.45) is 5.07. The van der Waals surface area contributed by atoms with Gasteiger partial charge in [0.15, 0.2) is 0 Å². The van der Waals surface area contributed by atoms with Gasteiger partial charge >= 0.3 is 0 Å². The summed E-state index contributed by atoms with van der Waals surface area (Å²) >= 11 is 0. The predicted octanol–water partition coefficient (Wildman–Crippen LogP) is 1.97. The van der Waals surface area contributed by atoms with Gasteiger partial charge in [0, 0.05) is 18.0 Å². The van der Waals surface area contributed by atoms with Gasteiger partial charge in [-0.25, -0.2) is 0 Å². The van der Waals surface area contributed by atoms with E-state index in [1.165, 1.54) is 24.8 Å². The Labute approximate surface area is 83.9 Å². The molecule has 1 saturated carbocycles. The molecule has 3 rings (SSSR count). The van der Waals surface area contributed by atoms with Crippen molar-refractivity contribution < 1.29 is 4.52 Å². The third kappa shape index (κ3) is 0.934. The molecular weight excluding hydrogens is 176 g/mol. The Balaban J connectivity index is 2.09. The molecule has 0 aromatic carbocycles. The molecule has 1 spiro atoms. The van der Waals surface area contributed by atoms with Crippen molar-refractivity contribution in [2.45, 2.75) is 38.6 Å². The van der Waals surface area contributed by atoms with Crippen molar-refractivity contribution in [1.82, 2.24) is 10.5 Å². The number of aryl methyl sites for hydroxylation is 2. The van der Waals surface area contributed by atoms with Crippen LogP contribution in [0.4, 0.5) is 0 Å². The Morgan fingerprint density at radius 1 is 1.43 bits per heavy atom. The lowest BCUT2D eigenvalue weighted by Crippen LogP contribution is -2.31. The minimum absolute atomic E-state index is 0.484. The van der Waals surface area contributed by atoms with Crippen molar-refractivity contribution >= 4 is 0 Å². The Hall–Kier alpha value is -0.830. The first kappa shape index (κ1) is 8.48. The number of aromatic nitrogens is 1. The van der Waals surface area contributed by atoms with Gasteiger partial charge in [-0.3, -0.25) is 0 Å². The normalized spacial score (nSPS) is 27.7. The third-order valence-electron chi connectivity index (χ3n) is 3.91. The second kappa shape index (κ2) is 2.60. The Bertz CT molecular complexity index is 365. The summed E-state index contributed by atoms with van der Waals surface area (Å²) in [5.74, 6) is 1.11. The zero-order chi connectivity index (χ0) is 9.76. The van der Waals surface area contributed by atoms with E-state index in [9.17, 15) is 0 Å². The van der Waals surface area contributed by atoms with Crippen LogP contribution in [0, 0.1) is 12.3 Å². The number of hydrogen-bond acceptors (Lipinski definition) is 3. The molecule has 2 aliphatic rings. The van der Waals surface area contributed by atoms with E-state index in [4.69, 9.17) is 4.52 Å². The molecule has 1 aromatic heterocycles. The van der Waals surface area contributed by atoms with Crippen LogP contribution in [0.3, 0.4) is 0 Å². The van der Waals surface area contributed by atoms with Crippen molar-refractivity contribution in [2.75, 3.05) is 7.05 Å². The lowest BCUT2D eigenvalue weighted by molar-refractivity contribution is 0.280. The fourth-order valence-electron chi connectivity index (χ4n) is 2.94. The average molecular weight is 192 g/mol. The van der Waals surface area contributed by atoms with Gasteiger partial charge in [-0.15, -0.1) is 0 Å². The highest BCUT2D eigenvalue weighted by atomic mass is 16.5. The van der Waals surface area contributed by atoms with E-state index >= 15 is 0 Å². The predicted molar refractivity (Wildman–Crippen MR) is 53.0 cm³/mol. The summed E-state index contributed by atoms with van der Waals surface area (Å²) in [5.41, 5.74) is 2.96. The second-order valence-electron chi connectivity index (χ2n) is 4.69. The molecule has 0 saturated heterocycles. The topological polar surface area (TPSA) is 38.1 Å². The van der Waals surface area contributed by atoms with Crippen LogP contribution in [0.15, 0.2) is 4.52 Å². The standard InChI is InChI=1S/C11H16N2O/c1-7-9-8(14-13-7)3-4-11(5-6-11)10(9)12-2/h10,12H,3-6H2,1-2H3. The second-order valence-corrected chi connectivity index (χ2v) is 4.69. The molecule has 0 aliphatic heterocycles. The highest BCUT2D eigenvalue weighted by Crippen LogP contribution is 2.61. The van der Waals surface area contributed by atoms with Crippen LogP contribution >= 0.6 is 0 Å². The smallest absolute Gasteiger partial charge is 0.141 e. The lowest BCUT2D eigenvalue weighted by atomic mass is 9.79. The molecule has 3 heteroatoms. The van der Waals surface area contributed by atoms with Crippen molar-refractivity contribution in [2.24, 2.45) is 5.41 Å². The zero-order valence-electron chi connectivity index (χ0n) is 8.76. The van der Waals surface area contributed by atoms with Crippen LogP contribution in [-0.2, 0) is 6.42 Å². The summed E-state index contributed by atoms with van der Waals surface area (Å²) in [6.45, 7) is 2.05. The van der Waals surface area contributed by atoms with Gasteiger partial charge in [-0.2, -0.15) is 0 Å². The molecule has 14 heavy (non-hydrogen) atoms. The number of hydrogen-bond donors (Lipinski definition) is 1. The van der Waals surface area contributed by atoms with Crippen LogP contribution < -0.4 is 5.32 Å². The molecule has 1 N–H and O–H groups in total. The average Bonchev–Trinajstić information content (AvgIpc) is 2.86. The number of nitrogens with zero attached hydrogens (tertiary/aromatic N) is 1. The molecule has 1 atom stereocenters. The summed E-state index contributed by atoms with van der Waals surface area (Å²) in [4.78, 5) is 0. The fraction of sp³-hybridized carbons (Fsp3) is 0.727. The van der Waals surface area contributed by atoms with Gasteiger partial charge in [0.05, 0.1) is 5.69 Å². The molecular formula is C11H16N2O. The minimum Gasteiger partial charge on any atom is -0.361 e. The highest BCUT2D eigenvalue weighted by Gasteiger charge is 2.53. The molecule has 1 heterocycles. The van der Waals surface area contributed by atoms with Gasteiger partial charge in [0.25, 0.3) is 0 Å². The van der Waals surface area contributed by atoms with Gasteiger partial charge < -0.3 is 9.84 Å². The largest absolute Gasteiger partial charge is 0.361 e. The van der Waals surface area contributed by atoms with E-state index in [0.29, 0.717) is 11.5 Å². The van der Waals surface area contributed by atoms with Crippen LogP contribution in [0.25, 0.3) is 0 Å². The first-order valence-corrected chi connectivity index (χ1v) is 5.39. The lowest BCUT2D eigenvalue weighted by Gasteiger charge is -2.30. The third-order valence-corrected chi connectivity index (χ3v) is 3.91. The van der Waals surface area contributed by atoms with Crippen molar-refractivity contribution in [3.8, 4) is 0 Å². The van der Waals surface area contributed by atoms with E-state index in [-0.39, 0.29) is 0 Å². The van der Waals surface area contributed by atoms with E-state index in [1.54, 1.807) is 0 Å². The maximum atomic E-state index is 5.35. The maximum Gasteiger partial charge on any atom is 0.141 e. The fourth-order valence-corrected chi connectivity index (χ4v) is 2.94. The molecule has 0 bridgehead atoms. The number of nitrogens with one attached hydrogen (secondary N) is 1. The molecule has 1 fully saturated rings. The van der Waals surface area contributed by atoms with Gasteiger partial charge in [0.1, 0.15) is 5.76 Å². The summed E-state index contributed by atoms with van der Waals surface area (Å²) in [7, 11) is 2.05. The molecule has 2 aliphatic carbocycles. The first-order chi connectivity index (χ1) is 6.77. The summed E-state index contributed by atoms with van der Waals surface area (Å²) < 4.78 is 5.35. The quantitative estimate of drug-likeness (QED) is 0.739. The highest BCUT2D eigenvalue weighted by molar-refractivity contribution is 5.33. The van der Waals surface area contributed by atoms with Gasteiger partial charge in [0.2, 0.25) is 0 Å². The van der Waals surface area contributed by atoms with Crippen molar-refractivity contribution in [3.05, 3.63) is 17.0 Å². The SMILES string of the molecule is CNC1c2c(C)noc2CCC12CC2. The zero-order valence-corrected chi connectivity index (χ0v) is 8.76. The maximum absolute atomic E-state index is 5.35. The monoisotopic (exact) mass is 192 g/mol. The van der Waals surface area contributed by atoms with Gasteiger partial charge in [-0.05, 0) is 38.6 Å². The summed E-state index contributed by atoms with van der Waals surface area (Å²) in [5, 5.41) is 7.51. The minimum atomic E-state index is 0.484. The first-order valence-electron chi connectivity index (χ1n) is 5.39. The van der Waals surface area contributed by atoms with Crippen LogP contribution in [-0.4, -0.2) is 12.2 Å². The van der Waals surface area contributed by atoms with E-state index < -0.39 is 0 Å².